The molecule has 0 fully saturated rings. The Morgan fingerprint density at radius 2 is 1.82 bits per heavy atom. The van der Waals surface area contributed by atoms with Gasteiger partial charge in [0.15, 0.2) is 0 Å². The van der Waals surface area contributed by atoms with Gasteiger partial charge >= 0.3 is 0 Å². The predicted octanol–water partition coefficient (Wildman–Crippen LogP) is 3.05. The van der Waals surface area contributed by atoms with Gasteiger partial charge in [0.05, 0.1) is 0 Å². The molecule has 3 rings (SSSR count). The van der Waals surface area contributed by atoms with Crippen LogP contribution in [0.4, 0.5) is 0 Å². The average molecular weight is 243 g/mol. The molecule has 1 heterocycles. The van der Waals surface area contributed by atoms with E-state index >= 15 is 0 Å². The third-order valence-electron chi connectivity index (χ3n) is 3.44. The largest absolute Gasteiger partial charge is 0.313 e. The number of fused-ring (bicyclic) bond motifs is 1. The molecule has 0 spiro atoms. The third-order valence-corrected chi connectivity index (χ3v) is 4.37. The third kappa shape index (κ3) is 2.59. The van der Waals surface area contributed by atoms with E-state index in [1.807, 2.05) is 11.3 Å². The summed E-state index contributed by atoms with van der Waals surface area (Å²) in [5.41, 5.74) is 3.06. The van der Waals surface area contributed by atoms with Gasteiger partial charge in [0.2, 0.25) is 0 Å². The first-order valence-electron chi connectivity index (χ1n) is 6.24. The average Bonchev–Trinajstić information content (AvgIpc) is 2.96. The highest BCUT2D eigenvalue weighted by Gasteiger charge is 2.19. The molecule has 0 saturated heterocycles. The quantitative estimate of drug-likeness (QED) is 0.870. The Balaban J connectivity index is 1.49. The molecule has 0 bridgehead atoms. The van der Waals surface area contributed by atoms with E-state index in [9.17, 15) is 0 Å². The second-order valence-corrected chi connectivity index (χ2v) is 5.69. The number of benzene rings is 1. The molecular formula is C15H17NS. The zero-order valence-corrected chi connectivity index (χ0v) is 10.7. The first-order valence-corrected chi connectivity index (χ1v) is 7.12. The maximum Gasteiger partial charge on any atom is 0.0148 e. The summed E-state index contributed by atoms with van der Waals surface area (Å²) in [6, 6.07) is 13.8. The normalized spacial score (nSPS) is 15.1. The summed E-state index contributed by atoms with van der Waals surface area (Å²) < 4.78 is 0. The van der Waals surface area contributed by atoms with Crippen LogP contribution in [0.15, 0.2) is 41.8 Å². The fraction of sp³-hybridized carbons (Fsp3) is 0.333. The van der Waals surface area contributed by atoms with Crippen molar-refractivity contribution in [3.05, 3.63) is 57.8 Å². The van der Waals surface area contributed by atoms with E-state index < -0.39 is 0 Å². The summed E-state index contributed by atoms with van der Waals surface area (Å²) in [4.78, 5) is 1.48. The Bertz CT molecular complexity index is 450. The van der Waals surface area contributed by atoms with Crippen LogP contribution < -0.4 is 5.32 Å². The topological polar surface area (TPSA) is 12.0 Å². The Hall–Kier alpha value is -1.12. The van der Waals surface area contributed by atoms with Gasteiger partial charge < -0.3 is 5.32 Å². The molecule has 2 heteroatoms. The second kappa shape index (κ2) is 5.03. The Morgan fingerprint density at radius 3 is 2.47 bits per heavy atom. The van der Waals surface area contributed by atoms with Crippen molar-refractivity contribution in [1.29, 1.82) is 0 Å². The minimum absolute atomic E-state index is 0.646. The fourth-order valence-electron chi connectivity index (χ4n) is 2.56. The van der Waals surface area contributed by atoms with Crippen molar-refractivity contribution in [2.24, 2.45) is 0 Å². The van der Waals surface area contributed by atoms with Crippen molar-refractivity contribution < 1.29 is 0 Å². The van der Waals surface area contributed by atoms with E-state index in [1.54, 1.807) is 0 Å². The van der Waals surface area contributed by atoms with Crippen molar-refractivity contribution in [2.45, 2.75) is 25.3 Å². The molecule has 1 aliphatic carbocycles. The monoisotopic (exact) mass is 243 g/mol. The van der Waals surface area contributed by atoms with Crippen LogP contribution in [0.3, 0.4) is 0 Å². The molecule has 0 saturated carbocycles. The number of rotatable bonds is 4. The molecule has 0 radical (unpaired) electrons. The molecule has 1 aliphatic rings. The van der Waals surface area contributed by atoms with Crippen LogP contribution >= 0.6 is 11.3 Å². The molecule has 1 aromatic carbocycles. The summed E-state index contributed by atoms with van der Waals surface area (Å²) in [6.45, 7) is 1.10. The van der Waals surface area contributed by atoms with Crippen LogP contribution in [-0.2, 0) is 19.3 Å². The van der Waals surface area contributed by atoms with Gasteiger partial charge in [0.1, 0.15) is 0 Å². The van der Waals surface area contributed by atoms with Crippen LogP contribution in [0, 0.1) is 0 Å². The molecule has 88 valence electrons. The standard InChI is InChI=1S/C15H17NS/c1-2-5-13-11-14(10-12(13)4-1)16-8-7-15-6-3-9-17-15/h1-6,9,14,16H,7-8,10-11H2. The summed E-state index contributed by atoms with van der Waals surface area (Å²) >= 11 is 1.85. The van der Waals surface area contributed by atoms with E-state index in [4.69, 9.17) is 0 Å². The van der Waals surface area contributed by atoms with Crippen LogP contribution in [0.1, 0.15) is 16.0 Å². The lowest BCUT2D eigenvalue weighted by atomic mass is 10.1. The lowest BCUT2D eigenvalue weighted by Crippen LogP contribution is -2.31. The first-order chi connectivity index (χ1) is 8.42. The van der Waals surface area contributed by atoms with Crippen molar-refractivity contribution in [1.82, 2.24) is 5.32 Å². The van der Waals surface area contributed by atoms with Gasteiger partial charge in [0, 0.05) is 17.5 Å². The van der Waals surface area contributed by atoms with Crippen molar-refractivity contribution in [3.63, 3.8) is 0 Å². The molecule has 1 aromatic heterocycles. The lowest BCUT2D eigenvalue weighted by molar-refractivity contribution is 0.537. The molecule has 0 unspecified atom stereocenters. The number of hydrogen-bond donors (Lipinski definition) is 1. The zero-order valence-electron chi connectivity index (χ0n) is 9.86. The highest BCUT2D eigenvalue weighted by molar-refractivity contribution is 7.09. The van der Waals surface area contributed by atoms with Gasteiger partial charge in [-0.2, -0.15) is 0 Å². The predicted molar refractivity (Wildman–Crippen MR) is 73.7 cm³/mol. The van der Waals surface area contributed by atoms with Crippen LogP contribution in [0.2, 0.25) is 0 Å². The molecule has 17 heavy (non-hydrogen) atoms. The molecule has 1 nitrogen and oxygen atoms in total. The van der Waals surface area contributed by atoms with Crippen LogP contribution in [0.25, 0.3) is 0 Å². The Labute approximate surface area is 106 Å². The first kappa shape index (κ1) is 11.0. The molecule has 0 amide bonds. The minimum atomic E-state index is 0.646. The van der Waals surface area contributed by atoms with Crippen LogP contribution in [0.5, 0.6) is 0 Å². The molecule has 2 aromatic rings. The fourth-order valence-corrected chi connectivity index (χ4v) is 3.27. The zero-order chi connectivity index (χ0) is 11.5. The van der Waals surface area contributed by atoms with Crippen LogP contribution in [-0.4, -0.2) is 12.6 Å². The van der Waals surface area contributed by atoms with E-state index in [0.717, 1.165) is 13.0 Å². The van der Waals surface area contributed by atoms with E-state index in [0.29, 0.717) is 6.04 Å². The highest BCUT2D eigenvalue weighted by Crippen LogP contribution is 2.21. The number of hydrogen-bond acceptors (Lipinski definition) is 2. The molecule has 1 N–H and O–H groups in total. The molecule has 0 atom stereocenters. The number of nitrogens with one attached hydrogen (secondary N) is 1. The lowest BCUT2D eigenvalue weighted by Gasteiger charge is -2.10. The summed E-state index contributed by atoms with van der Waals surface area (Å²) in [5.74, 6) is 0. The molecule has 0 aliphatic heterocycles. The maximum atomic E-state index is 3.67. The summed E-state index contributed by atoms with van der Waals surface area (Å²) in [7, 11) is 0. The smallest absolute Gasteiger partial charge is 0.0148 e. The SMILES string of the molecule is c1csc(CCNC2Cc3ccccc3C2)c1. The summed E-state index contributed by atoms with van der Waals surface area (Å²) in [6.07, 6.45) is 3.55. The van der Waals surface area contributed by atoms with Crippen molar-refractivity contribution in [3.8, 4) is 0 Å². The van der Waals surface area contributed by atoms with Crippen molar-refractivity contribution in [2.75, 3.05) is 6.54 Å². The van der Waals surface area contributed by atoms with Gasteiger partial charge in [-0.3, -0.25) is 0 Å². The van der Waals surface area contributed by atoms with Gasteiger partial charge in [-0.05, 0) is 41.8 Å². The van der Waals surface area contributed by atoms with Gasteiger partial charge in [-0.25, -0.2) is 0 Å². The summed E-state index contributed by atoms with van der Waals surface area (Å²) in [5, 5.41) is 5.83. The maximum absolute atomic E-state index is 3.67. The Kier molecular flexibility index (Phi) is 3.25. The minimum Gasteiger partial charge on any atom is -0.313 e. The van der Waals surface area contributed by atoms with Crippen molar-refractivity contribution >= 4 is 11.3 Å². The second-order valence-electron chi connectivity index (χ2n) is 4.66. The van der Waals surface area contributed by atoms with E-state index in [2.05, 4.69) is 47.1 Å². The van der Waals surface area contributed by atoms with Gasteiger partial charge in [-0.15, -0.1) is 11.3 Å². The highest BCUT2D eigenvalue weighted by atomic mass is 32.1. The van der Waals surface area contributed by atoms with E-state index in [-0.39, 0.29) is 0 Å². The Morgan fingerprint density at radius 1 is 1.06 bits per heavy atom. The molecular weight excluding hydrogens is 226 g/mol. The van der Waals surface area contributed by atoms with Gasteiger partial charge in [0.25, 0.3) is 0 Å². The van der Waals surface area contributed by atoms with Gasteiger partial charge in [-0.1, -0.05) is 30.3 Å². The van der Waals surface area contributed by atoms with E-state index in [1.165, 1.54) is 28.8 Å². The number of thiophene rings is 1.